The summed E-state index contributed by atoms with van der Waals surface area (Å²) in [4.78, 5) is 0. The van der Waals surface area contributed by atoms with Gasteiger partial charge in [-0.3, -0.25) is 0 Å². The summed E-state index contributed by atoms with van der Waals surface area (Å²) in [6.07, 6.45) is -3.04. The third-order valence-electron chi connectivity index (χ3n) is 2.99. The Morgan fingerprint density at radius 2 is 1.74 bits per heavy atom. The van der Waals surface area contributed by atoms with Crippen molar-refractivity contribution in [2.75, 3.05) is 6.54 Å². The third kappa shape index (κ3) is 7.21. The Balaban J connectivity index is 2.56. The van der Waals surface area contributed by atoms with Crippen LogP contribution in [0, 0.1) is 5.92 Å². The summed E-state index contributed by atoms with van der Waals surface area (Å²) in [5.41, 5.74) is 0.698. The van der Waals surface area contributed by atoms with Crippen LogP contribution in [0.2, 0.25) is 0 Å². The second-order valence-corrected chi connectivity index (χ2v) is 5.27. The Morgan fingerprint density at radius 3 is 2.26 bits per heavy atom. The first-order chi connectivity index (χ1) is 8.88. The Bertz CT molecular complexity index is 346. The van der Waals surface area contributed by atoms with Crippen molar-refractivity contribution in [3.05, 3.63) is 35.9 Å². The minimum absolute atomic E-state index is 0.583. The van der Waals surface area contributed by atoms with Gasteiger partial charge in [-0.05, 0) is 30.9 Å². The van der Waals surface area contributed by atoms with Crippen LogP contribution >= 0.6 is 0 Å². The normalized spacial score (nSPS) is 13.8. The fraction of sp³-hybridized carbons (Fsp3) is 0.600. The van der Waals surface area contributed by atoms with Crippen LogP contribution in [0.1, 0.15) is 44.7 Å². The third-order valence-corrected chi connectivity index (χ3v) is 2.99. The van der Waals surface area contributed by atoms with Gasteiger partial charge in [-0.1, -0.05) is 44.2 Å². The first kappa shape index (κ1) is 16.0. The predicted octanol–water partition coefficient (Wildman–Crippen LogP) is 4.71. The predicted molar refractivity (Wildman–Crippen MR) is 71.9 cm³/mol. The molecule has 108 valence electrons. The van der Waals surface area contributed by atoms with E-state index >= 15 is 0 Å². The van der Waals surface area contributed by atoms with Crippen LogP contribution in [0.15, 0.2) is 30.3 Å². The molecular weight excluding hydrogens is 251 g/mol. The van der Waals surface area contributed by atoms with Crippen LogP contribution in [0.3, 0.4) is 0 Å². The minimum Gasteiger partial charge on any atom is -0.310 e. The highest BCUT2D eigenvalue weighted by atomic mass is 19.4. The summed E-state index contributed by atoms with van der Waals surface area (Å²) >= 11 is 0. The lowest BCUT2D eigenvalue weighted by atomic mass is 10.0. The monoisotopic (exact) mass is 273 g/mol. The van der Waals surface area contributed by atoms with Gasteiger partial charge in [0, 0.05) is 6.04 Å². The molecule has 19 heavy (non-hydrogen) atoms. The van der Waals surface area contributed by atoms with E-state index in [-0.39, 0.29) is 0 Å². The Morgan fingerprint density at radius 1 is 1.11 bits per heavy atom. The molecule has 0 aliphatic heterocycles. The zero-order chi connectivity index (χ0) is 14.3. The lowest BCUT2D eigenvalue weighted by Gasteiger charge is -2.21. The quantitative estimate of drug-likeness (QED) is 0.710. The van der Waals surface area contributed by atoms with Gasteiger partial charge in [0.25, 0.3) is 0 Å². The summed E-state index contributed by atoms with van der Waals surface area (Å²) in [6, 6.07) is 8.20. The van der Waals surface area contributed by atoms with Crippen molar-refractivity contribution in [1.82, 2.24) is 5.32 Å². The van der Waals surface area contributed by atoms with Gasteiger partial charge in [0.05, 0.1) is 6.42 Å². The molecule has 0 bridgehead atoms. The molecule has 1 aromatic carbocycles. The van der Waals surface area contributed by atoms with Crippen molar-refractivity contribution < 1.29 is 13.2 Å². The van der Waals surface area contributed by atoms with E-state index < -0.39 is 18.6 Å². The Hall–Kier alpha value is -1.03. The molecule has 1 nitrogen and oxygen atoms in total. The topological polar surface area (TPSA) is 12.0 Å². The number of rotatable bonds is 7. The maximum absolute atomic E-state index is 12.6. The number of benzene rings is 1. The van der Waals surface area contributed by atoms with Gasteiger partial charge in [0.15, 0.2) is 0 Å². The second-order valence-electron chi connectivity index (χ2n) is 5.27. The molecule has 0 fully saturated rings. The van der Waals surface area contributed by atoms with Gasteiger partial charge in [-0.25, -0.2) is 0 Å². The summed E-state index contributed by atoms with van der Waals surface area (Å²) in [6.45, 7) is 4.85. The van der Waals surface area contributed by atoms with E-state index in [9.17, 15) is 13.2 Å². The molecule has 1 unspecified atom stereocenters. The minimum atomic E-state index is -4.15. The lowest BCUT2D eigenvalue weighted by Crippen LogP contribution is -2.27. The molecule has 1 atom stereocenters. The molecule has 1 N–H and O–H groups in total. The standard InChI is InChI=1S/C15H22F3N/c1-12(2)7-6-10-19-14(11-15(16,17)18)13-8-4-3-5-9-13/h3-5,8-9,12,14,19H,6-7,10-11H2,1-2H3. The highest BCUT2D eigenvalue weighted by Gasteiger charge is 2.32. The van der Waals surface area contributed by atoms with Crippen LogP contribution in [0.25, 0.3) is 0 Å². The van der Waals surface area contributed by atoms with Crippen molar-refractivity contribution in [3.8, 4) is 0 Å². The molecule has 0 aromatic heterocycles. The summed E-state index contributed by atoms with van der Waals surface area (Å²) < 4.78 is 37.8. The average molecular weight is 273 g/mol. The van der Waals surface area contributed by atoms with E-state index in [2.05, 4.69) is 19.2 Å². The molecule has 1 rings (SSSR count). The summed E-state index contributed by atoms with van der Waals surface area (Å²) in [5, 5.41) is 3.03. The van der Waals surface area contributed by atoms with Crippen molar-refractivity contribution in [1.29, 1.82) is 0 Å². The fourth-order valence-corrected chi connectivity index (χ4v) is 2.01. The van der Waals surface area contributed by atoms with Crippen molar-refractivity contribution >= 4 is 0 Å². The van der Waals surface area contributed by atoms with E-state index in [1.54, 1.807) is 24.3 Å². The maximum atomic E-state index is 12.6. The SMILES string of the molecule is CC(C)CCCNC(CC(F)(F)F)c1ccccc1. The van der Waals surface area contributed by atoms with Gasteiger partial charge >= 0.3 is 6.18 Å². The van der Waals surface area contributed by atoms with Crippen LogP contribution in [-0.4, -0.2) is 12.7 Å². The molecule has 0 saturated carbocycles. The largest absolute Gasteiger partial charge is 0.390 e. The first-order valence-corrected chi connectivity index (χ1v) is 6.73. The molecule has 0 spiro atoms. The van der Waals surface area contributed by atoms with Crippen molar-refractivity contribution in [2.45, 2.75) is 45.3 Å². The molecule has 0 aliphatic rings. The van der Waals surface area contributed by atoms with Crippen LogP contribution in [0.4, 0.5) is 13.2 Å². The second kappa shape index (κ2) is 7.53. The number of alkyl halides is 3. The average Bonchev–Trinajstić information content (AvgIpc) is 2.32. The number of hydrogen-bond donors (Lipinski definition) is 1. The smallest absolute Gasteiger partial charge is 0.310 e. The first-order valence-electron chi connectivity index (χ1n) is 6.73. The molecule has 0 amide bonds. The van der Waals surface area contributed by atoms with E-state index in [1.165, 1.54) is 0 Å². The maximum Gasteiger partial charge on any atom is 0.390 e. The van der Waals surface area contributed by atoms with Gasteiger partial charge in [0.2, 0.25) is 0 Å². The Labute approximate surface area is 113 Å². The zero-order valence-corrected chi connectivity index (χ0v) is 11.5. The lowest BCUT2D eigenvalue weighted by molar-refractivity contribution is -0.140. The van der Waals surface area contributed by atoms with Gasteiger partial charge < -0.3 is 5.32 Å². The Kier molecular flexibility index (Phi) is 6.35. The molecule has 0 aliphatic carbocycles. The number of nitrogens with one attached hydrogen (secondary N) is 1. The van der Waals surface area contributed by atoms with E-state index in [0.29, 0.717) is 18.0 Å². The summed E-state index contributed by atoms with van der Waals surface area (Å²) in [5.74, 6) is 0.583. The highest BCUT2D eigenvalue weighted by Crippen LogP contribution is 2.29. The van der Waals surface area contributed by atoms with Gasteiger partial charge in [0.1, 0.15) is 0 Å². The van der Waals surface area contributed by atoms with Gasteiger partial charge in [-0.2, -0.15) is 13.2 Å². The molecular formula is C15H22F3N. The molecule has 4 heteroatoms. The fourth-order valence-electron chi connectivity index (χ4n) is 2.01. The van der Waals surface area contributed by atoms with Crippen LogP contribution in [-0.2, 0) is 0 Å². The number of halogens is 3. The van der Waals surface area contributed by atoms with E-state index in [1.807, 2.05) is 6.07 Å². The molecule has 1 aromatic rings. The van der Waals surface area contributed by atoms with Crippen LogP contribution in [0.5, 0.6) is 0 Å². The molecule has 0 radical (unpaired) electrons. The highest BCUT2D eigenvalue weighted by molar-refractivity contribution is 5.19. The molecule has 0 heterocycles. The van der Waals surface area contributed by atoms with E-state index in [4.69, 9.17) is 0 Å². The zero-order valence-electron chi connectivity index (χ0n) is 11.5. The number of hydrogen-bond acceptors (Lipinski definition) is 1. The summed E-state index contributed by atoms with van der Waals surface area (Å²) in [7, 11) is 0. The van der Waals surface area contributed by atoms with Crippen LogP contribution < -0.4 is 5.32 Å². The van der Waals surface area contributed by atoms with E-state index in [0.717, 1.165) is 12.8 Å². The molecule has 0 saturated heterocycles. The van der Waals surface area contributed by atoms with Crippen molar-refractivity contribution in [2.24, 2.45) is 5.92 Å². The van der Waals surface area contributed by atoms with Crippen molar-refractivity contribution in [3.63, 3.8) is 0 Å². The van der Waals surface area contributed by atoms with Gasteiger partial charge in [-0.15, -0.1) is 0 Å².